The van der Waals surface area contributed by atoms with Crippen LogP contribution in [0.25, 0.3) is 0 Å². The molecule has 2 rings (SSSR count). The van der Waals surface area contributed by atoms with E-state index < -0.39 is 10.0 Å². The number of nitrogens with zero attached hydrogens (tertiary/aromatic N) is 2. The third-order valence-corrected chi connectivity index (χ3v) is 5.56. The summed E-state index contributed by atoms with van der Waals surface area (Å²) in [6.45, 7) is 2.48. The molecule has 8 heteroatoms. The van der Waals surface area contributed by atoms with Crippen molar-refractivity contribution in [1.82, 2.24) is 14.3 Å². The van der Waals surface area contributed by atoms with Gasteiger partial charge in [-0.05, 0) is 13.0 Å². The third-order valence-electron chi connectivity index (χ3n) is 2.86. The fourth-order valence-electron chi connectivity index (χ4n) is 1.63. The van der Waals surface area contributed by atoms with E-state index in [-0.39, 0.29) is 11.4 Å². The maximum atomic E-state index is 12.3. The molecule has 3 N–H and O–H groups in total. The Kier molecular flexibility index (Phi) is 4.04. The number of nitrogens with two attached hydrogens (primary N) is 1. The highest BCUT2D eigenvalue weighted by atomic mass is 32.2. The highest BCUT2D eigenvalue weighted by Gasteiger charge is 2.23. The lowest BCUT2D eigenvalue weighted by Gasteiger charge is -2.15. The Morgan fingerprint density at radius 2 is 2.26 bits per heavy atom. The minimum Gasteiger partial charge on any atom is -0.363 e. The lowest BCUT2D eigenvalue weighted by molar-refractivity contribution is 0.469. The molecule has 0 bridgehead atoms. The van der Waals surface area contributed by atoms with Crippen molar-refractivity contribution in [2.45, 2.75) is 24.9 Å². The molecule has 0 spiro atoms. The molecule has 6 nitrogen and oxygen atoms in total. The van der Waals surface area contributed by atoms with Crippen molar-refractivity contribution in [2.75, 3.05) is 7.05 Å². The molecule has 0 amide bonds. The first kappa shape index (κ1) is 14.2. The van der Waals surface area contributed by atoms with Crippen LogP contribution in [-0.2, 0) is 23.1 Å². The summed E-state index contributed by atoms with van der Waals surface area (Å²) in [7, 11) is -1.94. The van der Waals surface area contributed by atoms with E-state index in [9.17, 15) is 8.42 Å². The van der Waals surface area contributed by atoms with E-state index in [1.165, 1.54) is 21.8 Å². The monoisotopic (exact) mass is 300 g/mol. The van der Waals surface area contributed by atoms with Crippen LogP contribution in [0.4, 0.5) is 0 Å². The highest BCUT2D eigenvalue weighted by molar-refractivity contribution is 7.89. The maximum absolute atomic E-state index is 12.3. The Labute approximate surface area is 116 Å². The van der Waals surface area contributed by atoms with Crippen LogP contribution in [0.3, 0.4) is 0 Å². The SMILES string of the molecule is Cc1ncsc1CN(C)S(=O)(=O)c1c[nH]c(CN)c1. The molecule has 2 aromatic heterocycles. The lowest BCUT2D eigenvalue weighted by atomic mass is 10.4. The number of aromatic amines is 1. The van der Waals surface area contributed by atoms with E-state index in [0.29, 0.717) is 12.2 Å². The zero-order valence-electron chi connectivity index (χ0n) is 10.8. The second-order valence-corrected chi connectivity index (χ2v) is 7.17. The van der Waals surface area contributed by atoms with Crippen molar-refractivity contribution in [1.29, 1.82) is 0 Å². The summed E-state index contributed by atoms with van der Waals surface area (Å²) in [5.41, 5.74) is 8.74. The van der Waals surface area contributed by atoms with Gasteiger partial charge in [-0.3, -0.25) is 0 Å². The van der Waals surface area contributed by atoms with Gasteiger partial charge in [0.25, 0.3) is 0 Å². The number of thiazole rings is 1. The van der Waals surface area contributed by atoms with Crippen LogP contribution in [0.2, 0.25) is 0 Å². The Bertz CT molecular complexity index is 660. The standard InChI is InChI=1S/C11H16N4O2S2/c1-8-11(18-7-14-8)6-15(2)19(16,17)10-3-9(4-12)13-5-10/h3,5,7,13H,4,6,12H2,1-2H3. The number of hydrogen-bond donors (Lipinski definition) is 2. The van der Waals surface area contributed by atoms with E-state index in [4.69, 9.17) is 5.73 Å². The van der Waals surface area contributed by atoms with Gasteiger partial charge in [0.05, 0.1) is 16.1 Å². The Hall–Kier alpha value is -1.22. The van der Waals surface area contributed by atoms with Crippen LogP contribution in [-0.4, -0.2) is 29.7 Å². The van der Waals surface area contributed by atoms with Gasteiger partial charge >= 0.3 is 0 Å². The summed E-state index contributed by atoms with van der Waals surface area (Å²) in [6, 6.07) is 1.56. The van der Waals surface area contributed by atoms with Crippen molar-refractivity contribution >= 4 is 21.4 Å². The summed E-state index contributed by atoms with van der Waals surface area (Å²) < 4.78 is 26.0. The first-order valence-electron chi connectivity index (χ1n) is 5.68. The molecule has 0 saturated carbocycles. The number of nitrogens with one attached hydrogen (secondary N) is 1. The molecule has 0 aliphatic carbocycles. The van der Waals surface area contributed by atoms with Gasteiger partial charge in [-0.2, -0.15) is 4.31 Å². The van der Waals surface area contributed by atoms with Crippen LogP contribution in [0.15, 0.2) is 22.7 Å². The molecular formula is C11H16N4O2S2. The van der Waals surface area contributed by atoms with Crippen LogP contribution in [0.1, 0.15) is 16.3 Å². The van der Waals surface area contributed by atoms with Crippen LogP contribution in [0, 0.1) is 6.92 Å². The summed E-state index contributed by atoms with van der Waals surface area (Å²) in [5, 5.41) is 0. The van der Waals surface area contributed by atoms with Crippen molar-refractivity contribution < 1.29 is 8.42 Å². The largest absolute Gasteiger partial charge is 0.363 e. The second-order valence-electron chi connectivity index (χ2n) is 4.19. The lowest BCUT2D eigenvalue weighted by Crippen LogP contribution is -2.26. The maximum Gasteiger partial charge on any atom is 0.244 e. The zero-order chi connectivity index (χ0) is 14.0. The molecule has 104 valence electrons. The van der Waals surface area contributed by atoms with Crippen LogP contribution >= 0.6 is 11.3 Å². The highest BCUT2D eigenvalue weighted by Crippen LogP contribution is 2.20. The molecule has 0 aliphatic heterocycles. The second kappa shape index (κ2) is 5.41. The molecule has 0 aromatic carbocycles. The van der Waals surface area contributed by atoms with Gasteiger partial charge in [-0.25, -0.2) is 13.4 Å². The average molecular weight is 300 g/mol. The number of sulfonamides is 1. The molecule has 2 aromatic rings. The topological polar surface area (TPSA) is 92.1 Å². The summed E-state index contributed by atoms with van der Waals surface area (Å²) in [6.07, 6.45) is 1.47. The Morgan fingerprint density at radius 3 is 2.79 bits per heavy atom. The van der Waals surface area contributed by atoms with Gasteiger partial charge in [0, 0.05) is 36.9 Å². The number of aryl methyl sites for hydroxylation is 1. The van der Waals surface area contributed by atoms with Crippen molar-refractivity contribution in [3.8, 4) is 0 Å². The molecule has 0 atom stereocenters. The minimum atomic E-state index is -3.50. The third kappa shape index (κ3) is 2.86. The van der Waals surface area contributed by atoms with Crippen molar-refractivity contribution in [3.63, 3.8) is 0 Å². The first-order chi connectivity index (χ1) is 8.95. The number of H-pyrrole nitrogens is 1. The predicted octanol–water partition coefficient (Wildman–Crippen LogP) is 1.06. The van der Waals surface area contributed by atoms with Crippen LogP contribution < -0.4 is 5.73 Å². The summed E-state index contributed by atoms with van der Waals surface area (Å²) >= 11 is 1.45. The average Bonchev–Trinajstić information content (AvgIpc) is 2.99. The molecular weight excluding hydrogens is 284 g/mol. The molecule has 19 heavy (non-hydrogen) atoms. The van der Waals surface area contributed by atoms with E-state index in [0.717, 1.165) is 10.6 Å². The number of rotatable bonds is 5. The fraction of sp³-hybridized carbons (Fsp3) is 0.364. The van der Waals surface area contributed by atoms with E-state index in [2.05, 4.69) is 9.97 Å². The van der Waals surface area contributed by atoms with Gasteiger partial charge in [0.15, 0.2) is 0 Å². The Morgan fingerprint density at radius 1 is 1.53 bits per heavy atom. The van der Waals surface area contributed by atoms with Crippen molar-refractivity contribution in [3.05, 3.63) is 34.0 Å². The number of aromatic nitrogens is 2. The van der Waals surface area contributed by atoms with Gasteiger partial charge in [-0.1, -0.05) is 0 Å². The van der Waals surface area contributed by atoms with Crippen LogP contribution in [0.5, 0.6) is 0 Å². The Balaban J connectivity index is 2.22. The quantitative estimate of drug-likeness (QED) is 0.863. The molecule has 0 unspecified atom stereocenters. The fourth-order valence-corrected chi connectivity index (χ4v) is 3.70. The van der Waals surface area contributed by atoms with E-state index >= 15 is 0 Å². The summed E-state index contributed by atoms with van der Waals surface area (Å²) in [5.74, 6) is 0. The van der Waals surface area contributed by atoms with Gasteiger partial charge in [-0.15, -0.1) is 11.3 Å². The van der Waals surface area contributed by atoms with Gasteiger partial charge in [0.2, 0.25) is 10.0 Å². The molecule has 0 fully saturated rings. The van der Waals surface area contributed by atoms with Crippen molar-refractivity contribution in [2.24, 2.45) is 5.73 Å². The smallest absolute Gasteiger partial charge is 0.244 e. The van der Waals surface area contributed by atoms with E-state index in [1.54, 1.807) is 18.6 Å². The summed E-state index contributed by atoms with van der Waals surface area (Å²) in [4.78, 5) is 8.14. The normalized spacial score (nSPS) is 12.2. The predicted molar refractivity (Wildman–Crippen MR) is 74.2 cm³/mol. The number of hydrogen-bond acceptors (Lipinski definition) is 5. The molecule has 0 aliphatic rings. The minimum absolute atomic E-state index is 0.234. The molecule has 2 heterocycles. The molecule has 0 radical (unpaired) electrons. The van der Waals surface area contributed by atoms with Gasteiger partial charge < -0.3 is 10.7 Å². The molecule has 0 saturated heterocycles. The first-order valence-corrected chi connectivity index (χ1v) is 7.99. The van der Waals surface area contributed by atoms with E-state index in [1.807, 2.05) is 6.92 Å². The zero-order valence-corrected chi connectivity index (χ0v) is 12.4. The van der Waals surface area contributed by atoms with Gasteiger partial charge in [0.1, 0.15) is 0 Å².